The first-order valence-electron chi connectivity index (χ1n) is 7.46. The molecule has 0 aliphatic heterocycles. The van der Waals surface area contributed by atoms with Crippen molar-refractivity contribution in [3.8, 4) is 11.4 Å². The molecule has 26 heavy (non-hydrogen) atoms. The van der Waals surface area contributed by atoms with E-state index in [4.69, 9.17) is 4.74 Å². The average Bonchev–Trinajstić information content (AvgIpc) is 2.99. The molecule has 0 radical (unpaired) electrons. The van der Waals surface area contributed by atoms with Crippen molar-refractivity contribution in [3.63, 3.8) is 0 Å². The van der Waals surface area contributed by atoms with Crippen LogP contribution in [-0.4, -0.2) is 20.9 Å². The number of alkyl halides is 2. The highest BCUT2D eigenvalue weighted by atomic mass is 19.3. The van der Waals surface area contributed by atoms with Crippen molar-refractivity contribution in [1.29, 1.82) is 0 Å². The molecule has 0 aliphatic carbocycles. The van der Waals surface area contributed by atoms with E-state index in [0.717, 1.165) is 23.0 Å². The minimum atomic E-state index is -3.26. The van der Waals surface area contributed by atoms with Crippen LogP contribution < -0.4 is 10.1 Å². The summed E-state index contributed by atoms with van der Waals surface area (Å²) in [6, 6.07) is 10.2. The molecule has 0 saturated heterocycles. The van der Waals surface area contributed by atoms with E-state index in [-0.39, 0.29) is 17.3 Å². The van der Waals surface area contributed by atoms with Crippen molar-refractivity contribution in [2.45, 2.75) is 12.8 Å². The minimum Gasteiger partial charge on any atom is -0.410 e. The quantitative estimate of drug-likeness (QED) is 0.758. The molecule has 3 rings (SSSR count). The Bertz CT molecular complexity index is 923. The molecule has 2 heterocycles. The predicted octanol–water partition coefficient (Wildman–Crippen LogP) is 4.13. The zero-order chi connectivity index (χ0) is 18.7. The zero-order valence-electron chi connectivity index (χ0n) is 13.5. The number of nitrogens with one attached hydrogen (secondary N) is 1. The molecule has 2 aromatic heterocycles. The van der Waals surface area contributed by atoms with Gasteiger partial charge in [-0.3, -0.25) is 10.3 Å². The van der Waals surface area contributed by atoms with E-state index in [0.29, 0.717) is 6.92 Å². The number of pyridine rings is 1. The maximum absolute atomic E-state index is 13.6. The van der Waals surface area contributed by atoms with Gasteiger partial charge in [-0.2, -0.15) is 13.9 Å². The van der Waals surface area contributed by atoms with Crippen LogP contribution in [0.1, 0.15) is 12.6 Å². The summed E-state index contributed by atoms with van der Waals surface area (Å²) in [5.41, 5.74) is -0.535. The zero-order valence-corrected chi connectivity index (χ0v) is 13.5. The molecule has 6 nitrogen and oxygen atoms in total. The molecule has 0 bridgehead atoms. The van der Waals surface area contributed by atoms with Crippen molar-refractivity contribution in [1.82, 2.24) is 14.8 Å². The highest BCUT2D eigenvalue weighted by Crippen LogP contribution is 2.29. The standard InChI is InChI=1S/C17H13F3N4O2/c1-17(19,20)14-8-15(22-16(25)26-13-5-3-2-4-6-13)24(23-14)12-7-11(18)9-21-10-12/h2-10H,1H3,(H,22,25). The summed E-state index contributed by atoms with van der Waals surface area (Å²) < 4.78 is 46.7. The van der Waals surface area contributed by atoms with Crippen LogP contribution in [0.15, 0.2) is 54.9 Å². The topological polar surface area (TPSA) is 69.0 Å². The van der Waals surface area contributed by atoms with Gasteiger partial charge in [0.05, 0.1) is 18.1 Å². The largest absolute Gasteiger partial charge is 0.418 e. The van der Waals surface area contributed by atoms with Crippen molar-refractivity contribution in [2.75, 3.05) is 5.32 Å². The Balaban J connectivity index is 1.92. The monoisotopic (exact) mass is 362 g/mol. The van der Waals surface area contributed by atoms with Gasteiger partial charge in [0.25, 0.3) is 5.92 Å². The van der Waals surface area contributed by atoms with Crippen molar-refractivity contribution < 1.29 is 22.7 Å². The van der Waals surface area contributed by atoms with E-state index in [2.05, 4.69) is 15.4 Å². The van der Waals surface area contributed by atoms with Gasteiger partial charge < -0.3 is 4.74 Å². The van der Waals surface area contributed by atoms with Crippen molar-refractivity contribution in [3.05, 3.63) is 66.4 Å². The number of halogens is 3. The maximum atomic E-state index is 13.6. The summed E-state index contributed by atoms with van der Waals surface area (Å²) in [7, 11) is 0. The fraction of sp³-hybridized carbons (Fsp3) is 0.118. The number of para-hydroxylation sites is 1. The molecule has 0 unspecified atom stereocenters. The van der Waals surface area contributed by atoms with Crippen LogP contribution in [0.3, 0.4) is 0 Å². The van der Waals surface area contributed by atoms with Gasteiger partial charge >= 0.3 is 6.09 Å². The molecule has 0 spiro atoms. The third-order valence-corrected chi connectivity index (χ3v) is 3.28. The van der Waals surface area contributed by atoms with E-state index >= 15 is 0 Å². The molecular weight excluding hydrogens is 349 g/mol. The molecular formula is C17H13F3N4O2. The number of rotatable bonds is 4. The maximum Gasteiger partial charge on any atom is 0.418 e. The van der Waals surface area contributed by atoms with Gasteiger partial charge in [-0.25, -0.2) is 13.9 Å². The number of anilines is 1. The molecule has 0 aliphatic rings. The van der Waals surface area contributed by atoms with E-state index in [1.807, 2.05) is 0 Å². The molecule has 9 heteroatoms. The number of ether oxygens (including phenoxy) is 1. The molecule has 3 aromatic rings. The van der Waals surface area contributed by atoms with Crippen molar-refractivity contribution >= 4 is 11.9 Å². The van der Waals surface area contributed by atoms with E-state index < -0.39 is 23.5 Å². The highest BCUT2D eigenvalue weighted by Gasteiger charge is 2.30. The van der Waals surface area contributed by atoms with Crippen molar-refractivity contribution in [2.24, 2.45) is 0 Å². The molecule has 0 fully saturated rings. The smallest absolute Gasteiger partial charge is 0.410 e. The molecule has 0 saturated carbocycles. The summed E-state index contributed by atoms with van der Waals surface area (Å²) in [5, 5.41) is 6.07. The van der Waals surface area contributed by atoms with Crippen LogP contribution >= 0.6 is 0 Å². The second-order valence-electron chi connectivity index (χ2n) is 5.40. The summed E-state index contributed by atoms with van der Waals surface area (Å²) >= 11 is 0. The number of carbonyl (C=O) groups is 1. The van der Waals surface area contributed by atoms with Gasteiger partial charge in [-0.05, 0) is 12.1 Å². The van der Waals surface area contributed by atoms with Crippen LogP contribution in [0.5, 0.6) is 5.75 Å². The van der Waals surface area contributed by atoms with Gasteiger partial charge in [0, 0.05) is 19.1 Å². The van der Waals surface area contributed by atoms with Crippen LogP contribution in [-0.2, 0) is 5.92 Å². The Kier molecular flexibility index (Phi) is 4.61. The summed E-state index contributed by atoms with van der Waals surface area (Å²) in [5.74, 6) is -3.79. The molecule has 1 aromatic carbocycles. The lowest BCUT2D eigenvalue weighted by molar-refractivity contribution is 0.0124. The second kappa shape index (κ2) is 6.87. The molecule has 1 N–H and O–H groups in total. The fourth-order valence-corrected chi connectivity index (χ4v) is 2.12. The number of aromatic nitrogens is 3. The first-order valence-corrected chi connectivity index (χ1v) is 7.46. The van der Waals surface area contributed by atoms with Gasteiger partial charge in [-0.15, -0.1) is 0 Å². The molecule has 1 amide bonds. The normalized spacial score (nSPS) is 11.2. The SMILES string of the molecule is CC(F)(F)c1cc(NC(=O)Oc2ccccc2)n(-c2cncc(F)c2)n1. The van der Waals surface area contributed by atoms with E-state index in [1.165, 1.54) is 6.20 Å². The Labute approximate surface area is 146 Å². The van der Waals surface area contributed by atoms with Gasteiger partial charge in [0.2, 0.25) is 0 Å². The van der Waals surface area contributed by atoms with Crippen LogP contribution in [0.2, 0.25) is 0 Å². The van der Waals surface area contributed by atoms with Crippen LogP contribution in [0, 0.1) is 5.82 Å². The molecule has 0 atom stereocenters. The number of hydrogen-bond acceptors (Lipinski definition) is 4. The number of nitrogens with zero attached hydrogens (tertiary/aromatic N) is 3. The lowest BCUT2D eigenvalue weighted by Crippen LogP contribution is -2.19. The number of benzene rings is 1. The number of hydrogen-bond donors (Lipinski definition) is 1. The highest BCUT2D eigenvalue weighted by molar-refractivity contribution is 5.85. The number of carbonyl (C=O) groups excluding carboxylic acids is 1. The Hall–Kier alpha value is -3.36. The minimum absolute atomic E-state index is 0.0653. The van der Waals surface area contributed by atoms with Gasteiger partial charge in [-0.1, -0.05) is 18.2 Å². The Morgan fingerprint density at radius 3 is 2.58 bits per heavy atom. The van der Waals surface area contributed by atoms with E-state index in [9.17, 15) is 18.0 Å². The molecule has 134 valence electrons. The lowest BCUT2D eigenvalue weighted by atomic mass is 10.3. The Morgan fingerprint density at radius 1 is 1.19 bits per heavy atom. The third kappa shape index (κ3) is 4.00. The summed E-state index contributed by atoms with van der Waals surface area (Å²) in [4.78, 5) is 15.7. The fourth-order valence-electron chi connectivity index (χ4n) is 2.12. The van der Waals surface area contributed by atoms with Crippen LogP contribution in [0.25, 0.3) is 5.69 Å². The number of amides is 1. The average molecular weight is 362 g/mol. The first-order chi connectivity index (χ1) is 12.3. The third-order valence-electron chi connectivity index (χ3n) is 3.28. The summed E-state index contributed by atoms with van der Waals surface area (Å²) in [6.07, 6.45) is 1.27. The van der Waals surface area contributed by atoms with Gasteiger partial charge in [0.15, 0.2) is 0 Å². The lowest BCUT2D eigenvalue weighted by Gasteiger charge is -2.09. The van der Waals surface area contributed by atoms with Crippen LogP contribution in [0.4, 0.5) is 23.8 Å². The van der Waals surface area contributed by atoms with Gasteiger partial charge in [0.1, 0.15) is 23.1 Å². The predicted molar refractivity (Wildman–Crippen MR) is 87.0 cm³/mol. The Morgan fingerprint density at radius 2 is 1.92 bits per heavy atom. The second-order valence-corrected chi connectivity index (χ2v) is 5.40. The van der Waals surface area contributed by atoms with E-state index in [1.54, 1.807) is 30.3 Å². The first kappa shape index (κ1) is 17.5. The summed E-state index contributed by atoms with van der Waals surface area (Å²) in [6.45, 7) is 0.662.